The maximum absolute atomic E-state index is 13.9. The van der Waals surface area contributed by atoms with Gasteiger partial charge in [0.05, 0.1) is 12.1 Å². The van der Waals surface area contributed by atoms with Gasteiger partial charge in [0.1, 0.15) is 23.6 Å². The molecule has 10 heteroatoms. The quantitative estimate of drug-likeness (QED) is 0.269. The Labute approximate surface area is 207 Å². The first kappa shape index (κ1) is 24.8. The fourth-order valence-corrected chi connectivity index (χ4v) is 3.90. The molecule has 10 nitrogen and oxygen atoms in total. The molecule has 2 amide bonds. The van der Waals surface area contributed by atoms with Gasteiger partial charge in [-0.05, 0) is 50.2 Å². The number of furan rings is 1. The number of rotatable bonds is 10. The minimum absolute atomic E-state index is 0.165. The number of anilines is 1. The van der Waals surface area contributed by atoms with E-state index in [0.29, 0.717) is 34.7 Å². The van der Waals surface area contributed by atoms with Gasteiger partial charge in [-0.25, -0.2) is 4.68 Å². The standard InChI is InChI=1S/C26H27N5O5/c1-17-11-12-23(36-17)25(26(34)27-13-14-35-3)31(20-8-6-7-19(15-20)18(2)32)24(33)16-30-22-10-5-4-9-21(22)28-29-30/h4-12,15,25H,13-14,16H2,1-3H3,(H,27,34)/t25-/m0/s1. The van der Waals surface area contributed by atoms with Crippen LogP contribution < -0.4 is 10.2 Å². The Balaban J connectivity index is 1.79. The van der Waals surface area contributed by atoms with Crippen LogP contribution in [0.4, 0.5) is 5.69 Å². The second-order valence-corrected chi connectivity index (χ2v) is 8.24. The van der Waals surface area contributed by atoms with Crippen LogP contribution in [0.15, 0.2) is 65.1 Å². The van der Waals surface area contributed by atoms with Gasteiger partial charge in [0.25, 0.3) is 5.91 Å². The number of hydrogen-bond acceptors (Lipinski definition) is 7. The molecule has 1 atom stereocenters. The molecule has 186 valence electrons. The highest BCUT2D eigenvalue weighted by Gasteiger charge is 2.35. The van der Waals surface area contributed by atoms with Crippen LogP contribution in [0, 0.1) is 6.92 Å². The molecule has 4 aromatic rings. The van der Waals surface area contributed by atoms with Crippen molar-refractivity contribution in [2.75, 3.05) is 25.2 Å². The highest BCUT2D eigenvalue weighted by Crippen LogP contribution is 2.30. The number of aromatic nitrogens is 3. The van der Waals surface area contributed by atoms with Gasteiger partial charge in [0.2, 0.25) is 5.91 Å². The molecule has 1 N–H and O–H groups in total. The topological polar surface area (TPSA) is 120 Å². The zero-order chi connectivity index (χ0) is 25.7. The van der Waals surface area contributed by atoms with Crippen LogP contribution in [0.5, 0.6) is 0 Å². The fraction of sp³-hybridized carbons (Fsp3) is 0.269. The first-order chi connectivity index (χ1) is 17.4. The largest absolute Gasteiger partial charge is 0.464 e. The van der Waals surface area contributed by atoms with E-state index in [-0.39, 0.29) is 24.6 Å². The van der Waals surface area contributed by atoms with Gasteiger partial charge in [-0.2, -0.15) is 0 Å². The number of aryl methyl sites for hydroxylation is 1. The second-order valence-electron chi connectivity index (χ2n) is 8.24. The monoisotopic (exact) mass is 489 g/mol. The first-order valence-electron chi connectivity index (χ1n) is 11.4. The Bertz CT molecular complexity index is 1390. The summed E-state index contributed by atoms with van der Waals surface area (Å²) in [5.74, 6) is -0.181. The molecule has 0 aliphatic rings. The third kappa shape index (κ3) is 5.33. The normalized spacial score (nSPS) is 11.9. The summed E-state index contributed by atoms with van der Waals surface area (Å²) >= 11 is 0. The molecule has 0 aliphatic heterocycles. The van der Waals surface area contributed by atoms with Crippen LogP contribution >= 0.6 is 0 Å². The average molecular weight is 490 g/mol. The molecule has 0 bridgehead atoms. The molecule has 0 spiro atoms. The van der Waals surface area contributed by atoms with E-state index in [2.05, 4.69) is 15.6 Å². The van der Waals surface area contributed by atoms with E-state index >= 15 is 0 Å². The second kappa shape index (κ2) is 11.0. The Morgan fingerprint density at radius 2 is 1.92 bits per heavy atom. The highest BCUT2D eigenvalue weighted by molar-refractivity contribution is 6.02. The number of ether oxygens (including phenoxy) is 1. The number of Topliss-reactive ketones (excluding diaryl/α,β-unsaturated/α-hetero) is 1. The van der Waals surface area contributed by atoms with Crippen molar-refractivity contribution in [2.24, 2.45) is 0 Å². The lowest BCUT2D eigenvalue weighted by molar-refractivity contribution is -0.127. The maximum Gasteiger partial charge on any atom is 0.251 e. The third-order valence-electron chi connectivity index (χ3n) is 5.65. The number of nitrogens with zero attached hydrogens (tertiary/aromatic N) is 4. The van der Waals surface area contributed by atoms with Crippen LogP contribution in [0.2, 0.25) is 0 Å². The van der Waals surface area contributed by atoms with Crippen LogP contribution in [-0.4, -0.2) is 52.9 Å². The van der Waals surface area contributed by atoms with E-state index in [9.17, 15) is 14.4 Å². The summed E-state index contributed by atoms with van der Waals surface area (Å²) in [6.45, 7) is 3.56. The Morgan fingerprint density at radius 3 is 2.64 bits per heavy atom. The van der Waals surface area contributed by atoms with Crippen molar-refractivity contribution in [3.8, 4) is 0 Å². The van der Waals surface area contributed by atoms with Crippen molar-refractivity contribution in [2.45, 2.75) is 26.4 Å². The highest BCUT2D eigenvalue weighted by atomic mass is 16.5. The predicted octanol–water partition coefficient (Wildman–Crippen LogP) is 3.07. The molecular formula is C26H27N5O5. The summed E-state index contributed by atoms with van der Waals surface area (Å²) in [6.07, 6.45) is 0. The van der Waals surface area contributed by atoms with Crippen molar-refractivity contribution >= 4 is 34.3 Å². The number of para-hydroxylation sites is 1. The van der Waals surface area contributed by atoms with E-state index in [4.69, 9.17) is 9.15 Å². The fourth-order valence-electron chi connectivity index (χ4n) is 3.90. The number of carbonyl (C=O) groups is 3. The van der Waals surface area contributed by atoms with Crippen LogP contribution in [0.3, 0.4) is 0 Å². The number of nitrogens with one attached hydrogen (secondary N) is 1. The number of amides is 2. The number of benzene rings is 2. The zero-order valence-electron chi connectivity index (χ0n) is 20.3. The van der Waals surface area contributed by atoms with Gasteiger partial charge >= 0.3 is 0 Å². The smallest absolute Gasteiger partial charge is 0.251 e. The summed E-state index contributed by atoms with van der Waals surface area (Å²) in [7, 11) is 1.53. The molecule has 2 heterocycles. The Kier molecular flexibility index (Phi) is 7.55. The van der Waals surface area contributed by atoms with Crippen molar-refractivity contribution < 1.29 is 23.5 Å². The minimum Gasteiger partial charge on any atom is -0.464 e. The predicted molar refractivity (Wildman–Crippen MR) is 133 cm³/mol. The van der Waals surface area contributed by atoms with E-state index in [1.807, 2.05) is 18.2 Å². The van der Waals surface area contributed by atoms with Crippen LogP contribution in [0.25, 0.3) is 11.0 Å². The van der Waals surface area contributed by atoms with E-state index in [1.54, 1.807) is 49.4 Å². The van der Waals surface area contributed by atoms with Gasteiger partial charge in [0.15, 0.2) is 11.8 Å². The summed E-state index contributed by atoms with van der Waals surface area (Å²) < 4.78 is 12.4. The molecule has 0 radical (unpaired) electrons. The van der Waals surface area contributed by atoms with E-state index in [0.717, 1.165) is 0 Å². The number of methoxy groups -OCH3 is 1. The third-order valence-corrected chi connectivity index (χ3v) is 5.65. The lowest BCUT2D eigenvalue weighted by atomic mass is 10.1. The minimum atomic E-state index is -1.14. The van der Waals surface area contributed by atoms with E-state index in [1.165, 1.54) is 23.6 Å². The van der Waals surface area contributed by atoms with Crippen LogP contribution in [0.1, 0.15) is 34.8 Å². The molecule has 2 aromatic carbocycles. The summed E-state index contributed by atoms with van der Waals surface area (Å²) in [5.41, 5.74) is 2.10. The van der Waals surface area contributed by atoms with Gasteiger partial charge in [-0.3, -0.25) is 19.3 Å². The molecule has 36 heavy (non-hydrogen) atoms. The molecule has 0 unspecified atom stereocenters. The summed E-state index contributed by atoms with van der Waals surface area (Å²) in [4.78, 5) is 40.8. The number of carbonyl (C=O) groups excluding carboxylic acids is 3. The van der Waals surface area contributed by atoms with Crippen molar-refractivity contribution in [1.82, 2.24) is 20.3 Å². The molecule has 0 aliphatic carbocycles. The average Bonchev–Trinajstić information content (AvgIpc) is 3.48. The molecule has 0 saturated carbocycles. The van der Waals surface area contributed by atoms with Gasteiger partial charge in [-0.1, -0.05) is 29.5 Å². The Hall–Kier alpha value is -4.31. The van der Waals surface area contributed by atoms with Gasteiger partial charge in [0, 0.05) is 24.9 Å². The van der Waals surface area contributed by atoms with E-state index < -0.39 is 17.9 Å². The van der Waals surface area contributed by atoms with Gasteiger partial charge in [-0.15, -0.1) is 5.10 Å². The molecule has 4 rings (SSSR count). The zero-order valence-corrected chi connectivity index (χ0v) is 20.3. The first-order valence-corrected chi connectivity index (χ1v) is 11.4. The molecule has 2 aromatic heterocycles. The maximum atomic E-state index is 13.9. The summed E-state index contributed by atoms with van der Waals surface area (Å²) in [6, 6.07) is 16.1. The van der Waals surface area contributed by atoms with Crippen LogP contribution in [-0.2, 0) is 20.9 Å². The molecular weight excluding hydrogens is 462 g/mol. The number of hydrogen-bond donors (Lipinski definition) is 1. The number of fused-ring (bicyclic) bond motifs is 1. The summed E-state index contributed by atoms with van der Waals surface area (Å²) in [5, 5.41) is 11.0. The lowest BCUT2D eigenvalue weighted by Crippen LogP contribution is -2.45. The SMILES string of the molecule is COCCNC(=O)[C@H](c1ccc(C)o1)N(C(=O)Cn1nnc2ccccc21)c1cccc(C(C)=O)c1. The molecule has 0 saturated heterocycles. The van der Waals surface area contributed by atoms with Crippen molar-refractivity contribution in [3.05, 3.63) is 77.7 Å². The van der Waals surface area contributed by atoms with Crippen molar-refractivity contribution in [3.63, 3.8) is 0 Å². The van der Waals surface area contributed by atoms with Crippen molar-refractivity contribution in [1.29, 1.82) is 0 Å². The Morgan fingerprint density at radius 1 is 1.11 bits per heavy atom. The molecule has 0 fully saturated rings. The van der Waals surface area contributed by atoms with Gasteiger partial charge < -0.3 is 14.5 Å². The lowest BCUT2D eigenvalue weighted by Gasteiger charge is -2.30. The number of ketones is 1.